The van der Waals surface area contributed by atoms with E-state index in [0.29, 0.717) is 12.1 Å². The first-order valence-electron chi connectivity index (χ1n) is 5.82. The maximum atomic E-state index is 11.1. The molecule has 0 aliphatic rings. The van der Waals surface area contributed by atoms with E-state index in [0.717, 1.165) is 22.5 Å². The molecule has 18 heavy (non-hydrogen) atoms. The van der Waals surface area contributed by atoms with Gasteiger partial charge in [0.05, 0.1) is 17.8 Å². The van der Waals surface area contributed by atoms with Crippen LogP contribution in [0.3, 0.4) is 0 Å². The first kappa shape index (κ1) is 12.4. The predicted octanol–water partition coefficient (Wildman–Crippen LogP) is 2.55. The third kappa shape index (κ3) is 2.14. The number of rotatable bonds is 3. The Morgan fingerprint density at radius 3 is 2.50 bits per heavy atom. The lowest BCUT2D eigenvalue weighted by molar-refractivity contribution is 0.0695. The van der Waals surface area contributed by atoms with Gasteiger partial charge in [-0.2, -0.15) is 5.10 Å². The van der Waals surface area contributed by atoms with E-state index in [1.54, 1.807) is 12.1 Å². The molecule has 0 saturated heterocycles. The van der Waals surface area contributed by atoms with Gasteiger partial charge in [-0.05, 0) is 38.0 Å². The molecule has 1 N–H and O–H groups in total. The molecule has 0 radical (unpaired) electrons. The van der Waals surface area contributed by atoms with Crippen LogP contribution in [0.5, 0.6) is 0 Å². The summed E-state index contributed by atoms with van der Waals surface area (Å²) in [5.74, 6) is -0.899. The lowest BCUT2D eigenvalue weighted by Crippen LogP contribution is -2.09. The molecular weight excluding hydrogens is 228 g/mol. The summed E-state index contributed by atoms with van der Waals surface area (Å²) in [5.41, 5.74) is 4.33. The van der Waals surface area contributed by atoms with Gasteiger partial charge in [-0.3, -0.25) is 4.68 Å². The number of carboxylic acid groups (broad SMARTS) is 1. The maximum Gasteiger partial charge on any atom is 0.336 e. The Morgan fingerprint density at radius 1 is 1.28 bits per heavy atom. The number of aryl methyl sites for hydroxylation is 1. The number of hydrogen-bond donors (Lipinski definition) is 1. The van der Waals surface area contributed by atoms with E-state index in [2.05, 4.69) is 5.10 Å². The topological polar surface area (TPSA) is 55.1 Å². The fraction of sp³-hybridized carbons (Fsp3) is 0.286. The first-order valence-corrected chi connectivity index (χ1v) is 5.82. The van der Waals surface area contributed by atoms with Gasteiger partial charge < -0.3 is 5.11 Å². The Labute approximate surface area is 106 Å². The molecule has 0 aliphatic carbocycles. The summed E-state index contributed by atoms with van der Waals surface area (Å²) in [6, 6.07) is 7.03. The summed E-state index contributed by atoms with van der Waals surface area (Å²) in [5, 5.41) is 13.6. The van der Waals surface area contributed by atoms with Crippen LogP contribution in [0.15, 0.2) is 24.3 Å². The second kappa shape index (κ2) is 4.64. The highest BCUT2D eigenvalue weighted by molar-refractivity contribution is 5.89. The number of carboxylic acids is 1. The number of benzene rings is 1. The molecule has 0 bridgehead atoms. The van der Waals surface area contributed by atoms with Crippen molar-refractivity contribution in [3.8, 4) is 0 Å². The molecular formula is C14H16N2O2. The molecule has 1 heterocycles. The van der Waals surface area contributed by atoms with Gasteiger partial charge >= 0.3 is 5.97 Å². The van der Waals surface area contributed by atoms with Crippen LogP contribution in [-0.2, 0) is 6.54 Å². The molecule has 0 amide bonds. The number of aromatic carboxylic acids is 1. The van der Waals surface area contributed by atoms with Crippen molar-refractivity contribution < 1.29 is 9.90 Å². The van der Waals surface area contributed by atoms with Gasteiger partial charge in [0.1, 0.15) is 0 Å². The van der Waals surface area contributed by atoms with Crippen LogP contribution in [0.2, 0.25) is 0 Å². The minimum Gasteiger partial charge on any atom is -0.478 e. The molecule has 1 aromatic carbocycles. The second-order valence-corrected chi connectivity index (χ2v) is 4.42. The molecule has 94 valence electrons. The minimum absolute atomic E-state index is 0.336. The van der Waals surface area contributed by atoms with E-state index in [1.807, 2.05) is 37.6 Å². The van der Waals surface area contributed by atoms with E-state index in [-0.39, 0.29) is 0 Å². The molecule has 2 aromatic rings. The van der Waals surface area contributed by atoms with Crippen LogP contribution in [0.4, 0.5) is 0 Å². The Balaban J connectivity index is 2.40. The monoisotopic (exact) mass is 244 g/mol. The highest BCUT2D eigenvalue weighted by atomic mass is 16.4. The standard InChI is InChI=1S/C14H16N2O2/c1-9-10(2)15-16(11(9)3)8-12-6-4-5-7-13(12)14(17)18/h4-7H,8H2,1-3H3,(H,17,18). The van der Waals surface area contributed by atoms with E-state index < -0.39 is 5.97 Å². The normalized spacial score (nSPS) is 10.6. The predicted molar refractivity (Wildman–Crippen MR) is 68.9 cm³/mol. The Kier molecular flexibility index (Phi) is 3.19. The molecule has 0 saturated carbocycles. The molecule has 1 aromatic heterocycles. The van der Waals surface area contributed by atoms with Crippen molar-refractivity contribution in [2.24, 2.45) is 0 Å². The number of nitrogens with zero attached hydrogens (tertiary/aromatic N) is 2. The van der Waals surface area contributed by atoms with Crippen LogP contribution in [0.1, 0.15) is 32.9 Å². The molecule has 4 heteroatoms. The molecule has 0 aliphatic heterocycles. The molecule has 0 unspecified atom stereocenters. The Hall–Kier alpha value is -2.10. The van der Waals surface area contributed by atoms with E-state index in [1.165, 1.54) is 0 Å². The molecule has 0 spiro atoms. The molecule has 0 atom stereocenters. The fourth-order valence-corrected chi connectivity index (χ4v) is 1.97. The second-order valence-electron chi connectivity index (χ2n) is 4.42. The van der Waals surface area contributed by atoms with E-state index in [4.69, 9.17) is 5.11 Å². The number of carbonyl (C=O) groups is 1. The summed E-state index contributed by atoms with van der Waals surface area (Å²) in [4.78, 5) is 11.1. The zero-order chi connectivity index (χ0) is 13.3. The number of aromatic nitrogens is 2. The minimum atomic E-state index is -0.899. The summed E-state index contributed by atoms with van der Waals surface area (Å²) in [7, 11) is 0. The van der Waals surface area contributed by atoms with Gasteiger partial charge in [-0.25, -0.2) is 4.79 Å². The molecule has 0 fully saturated rings. The Bertz CT molecular complexity index is 600. The van der Waals surface area contributed by atoms with Crippen LogP contribution in [-0.4, -0.2) is 20.9 Å². The quantitative estimate of drug-likeness (QED) is 0.902. The Morgan fingerprint density at radius 2 is 1.94 bits per heavy atom. The van der Waals surface area contributed by atoms with Crippen LogP contribution in [0.25, 0.3) is 0 Å². The van der Waals surface area contributed by atoms with Crippen LogP contribution < -0.4 is 0 Å². The van der Waals surface area contributed by atoms with Crippen molar-refractivity contribution in [3.05, 3.63) is 52.3 Å². The summed E-state index contributed by atoms with van der Waals surface area (Å²) in [6.07, 6.45) is 0. The van der Waals surface area contributed by atoms with E-state index in [9.17, 15) is 4.79 Å². The van der Waals surface area contributed by atoms with Gasteiger partial charge in [0.2, 0.25) is 0 Å². The summed E-state index contributed by atoms with van der Waals surface area (Å²) >= 11 is 0. The average molecular weight is 244 g/mol. The van der Waals surface area contributed by atoms with Gasteiger partial charge in [0, 0.05) is 5.69 Å². The van der Waals surface area contributed by atoms with Crippen molar-refractivity contribution in [2.45, 2.75) is 27.3 Å². The first-order chi connectivity index (χ1) is 8.50. The van der Waals surface area contributed by atoms with Crippen molar-refractivity contribution in [1.82, 2.24) is 9.78 Å². The zero-order valence-electron chi connectivity index (χ0n) is 10.8. The zero-order valence-corrected chi connectivity index (χ0v) is 10.8. The van der Waals surface area contributed by atoms with Crippen LogP contribution in [0, 0.1) is 20.8 Å². The third-order valence-corrected chi connectivity index (χ3v) is 3.31. The molecule has 4 nitrogen and oxygen atoms in total. The third-order valence-electron chi connectivity index (χ3n) is 3.31. The van der Waals surface area contributed by atoms with Crippen molar-refractivity contribution in [1.29, 1.82) is 0 Å². The SMILES string of the molecule is Cc1nn(Cc2ccccc2C(=O)O)c(C)c1C. The lowest BCUT2D eigenvalue weighted by atomic mass is 10.1. The van der Waals surface area contributed by atoms with Crippen molar-refractivity contribution >= 4 is 5.97 Å². The van der Waals surface area contributed by atoms with Gasteiger partial charge in [0.15, 0.2) is 0 Å². The van der Waals surface area contributed by atoms with Crippen molar-refractivity contribution in [3.63, 3.8) is 0 Å². The van der Waals surface area contributed by atoms with Gasteiger partial charge in [-0.1, -0.05) is 18.2 Å². The highest BCUT2D eigenvalue weighted by Gasteiger charge is 2.12. The van der Waals surface area contributed by atoms with Crippen LogP contribution >= 0.6 is 0 Å². The lowest BCUT2D eigenvalue weighted by Gasteiger charge is -2.08. The van der Waals surface area contributed by atoms with E-state index >= 15 is 0 Å². The largest absolute Gasteiger partial charge is 0.478 e. The average Bonchev–Trinajstić information content (AvgIpc) is 2.57. The van der Waals surface area contributed by atoms with Gasteiger partial charge in [-0.15, -0.1) is 0 Å². The van der Waals surface area contributed by atoms with Crippen molar-refractivity contribution in [2.75, 3.05) is 0 Å². The summed E-state index contributed by atoms with van der Waals surface area (Å²) in [6.45, 7) is 6.47. The number of hydrogen-bond acceptors (Lipinski definition) is 2. The summed E-state index contributed by atoms with van der Waals surface area (Å²) < 4.78 is 1.85. The van der Waals surface area contributed by atoms with Gasteiger partial charge in [0.25, 0.3) is 0 Å². The molecule has 2 rings (SSSR count). The fourth-order valence-electron chi connectivity index (χ4n) is 1.97. The highest BCUT2D eigenvalue weighted by Crippen LogP contribution is 2.15. The maximum absolute atomic E-state index is 11.1. The smallest absolute Gasteiger partial charge is 0.336 e.